The van der Waals surface area contributed by atoms with E-state index in [1.54, 1.807) is 6.07 Å². The summed E-state index contributed by atoms with van der Waals surface area (Å²) in [6.45, 7) is 1.29. The molecule has 0 aliphatic carbocycles. The second-order valence-corrected chi connectivity index (χ2v) is 7.71. The smallest absolute Gasteiger partial charge is 0.416 e. The lowest BCUT2D eigenvalue weighted by molar-refractivity contribution is -0.137. The first-order valence-electron chi connectivity index (χ1n) is 9.91. The molecule has 1 aliphatic rings. The van der Waals surface area contributed by atoms with Crippen LogP contribution in [-0.2, 0) is 12.8 Å². The van der Waals surface area contributed by atoms with Crippen molar-refractivity contribution in [2.75, 3.05) is 42.1 Å². The summed E-state index contributed by atoms with van der Waals surface area (Å²) in [6.07, 6.45) is -3.14. The number of carbonyl (C=O) groups is 1. The van der Waals surface area contributed by atoms with Gasteiger partial charge >= 0.3 is 12.2 Å². The molecular weight excluding hydrogens is 480 g/mol. The van der Waals surface area contributed by atoms with Gasteiger partial charge in [0.1, 0.15) is 12.4 Å². The summed E-state index contributed by atoms with van der Waals surface area (Å²) in [5, 5.41) is 2.22. The highest BCUT2D eigenvalue weighted by molar-refractivity contribution is 6.99. The molecule has 2 aromatic heterocycles. The summed E-state index contributed by atoms with van der Waals surface area (Å²) in [6, 6.07) is 2.81. The number of nitrogens with zero attached hydrogens (tertiary/aromatic N) is 6. The molecule has 10 nitrogen and oxygen atoms in total. The van der Waals surface area contributed by atoms with Crippen molar-refractivity contribution in [2.24, 2.45) is 0 Å². The summed E-state index contributed by atoms with van der Waals surface area (Å²) in [5.74, 6) is -0.0416. The molecule has 3 heterocycles. The van der Waals surface area contributed by atoms with Crippen molar-refractivity contribution >= 4 is 35.2 Å². The third-order valence-electron chi connectivity index (χ3n) is 4.93. The maximum Gasteiger partial charge on any atom is 0.416 e. The first kappa shape index (κ1) is 23.4. The molecule has 1 aliphatic heterocycles. The van der Waals surface area contributed by atoms with E-state index in [0.29, 0.717) is 48.7 Å². The zero-order chi connectivity index (χ0) is 24.3. The van der Waals surface area contributed by atoms with Crippen molar-refractivity contribution in [3.8, 4) is 5.88 Å². The van der Waals surface area contributed by atoms with Gasteiger partial charge in [-0.05, 0) is 24.3 Å². The fourth-order valence-corrected chi connectivity index (χ4v) is 3.73. The predicted molar refractivity (Wildman–Crippen MR) is 115 cm³/mol. The van der Waals surface area contributed by atoms with Gasteiger partial charge in [-0.3, -0.25) is 0 Å². The van der Waals surface area contributed by atoms with Crippen LogP contribution >= 0.6 is 11.7 Å². The van der Waals surface area contributed by atoms with E-state index in [0.717, 1.165) is 11.7 Å². The molecule has 180 valence electrons. The summed E-state index contributed by atoms with van der Waals surface area (Å²) >= 11 is 0.961. The monoisotopic (exact) mass is 498 g/mol. The summed E-state index contributed by atoms with van der Waals surface area (Å²) in [7, 11) is 0. The predicted octanol–water partition coefficient (Wildman–Crippen LogP) is 3.00. The number of anilines is 3. The van der Waals surface area contributed by atoms with E-state index < -0.39 is 29.3 Å². The third kappa shape index (κ3) is 5.41. The molecule has 2 amide bonds. The molecular formula is C19H18F4N8O2S. The Hall–Kier alpha value is -3.75. The minimum Gasteiger partial charge on any atom is -0.468 e. The van der Waals surface area contributed by atoms with E-state index in [2.05, 4.69) is 24.0 Å². The number of nitrogens with one attached hydrogen (secondary N) is 1. The van der Waals surface area contributed by atoms with Gasteiger partial charge < -0.3 is 25.6 Å². The Morgan fingerprint density at radius 2 is 1.94 bits per heavy atom. The number of ether oxygens (including phenoxy) is 1. The number of aromatic nitrogens is 4. The Morgan fingerprint density at radius 1 is 1.18 bits per heavy atom. The van der Waals surface area contributed by atoms with Gasteiger partial charge in [-0.1, -0.05) is 0 Å². The molecule has 3 aromatic rings. The Bertz CT molecular complexity index is 1170. The molecule has 0 spiro atoms. The van der Waals surface area contributed by atoms with E-state index in [1.807, 2.05) is 4.90 Å². The number of carbonyl (C=O) groups excluding carboxylic acids is 1. The lowest BCUT2D eigenvalue weighted by Gasteiger charge is -2.34. The Labute approximate surface area is 194 Å². The number of piperazine rings is 1. The van der Waals surface area contributed by atoms with E-state index >= 15 is 0 Å². The van der Waals surface area contributed by atoms with Gasteiger partial charge in [-0.2, -0.15) is 17.5 Å². The molecule has 4 rings (SSSR count). The van der Waals surface area contributed by atoms with Crippen molar-refractivity contribution in [1.29, 1.82) is 0 Å². The molecule has 3 N–H and O–H groups in total. The molecule has 1 saturated heterocycles. The maximum absolute atomic E-state index is 13.9. The van der Waals surface area contributed by atoms with E-state index in [-0.39, 0.29) is 25.6 Å². The number of hydrogen-bond donors (Lipinski definition) is 2. The molecule has 0 bridgehead atoms. The maximum atomic E-state index is 13.9. The third-order valence-corrected chi connectivity index (χ3v) is 5.43. The van der Waals surface area contributed by atoms with Gasteiger partial charge in [0.2, 0.25) is 11.8 Å². The van der Waals surface area contributed by atoms with Gasteiger partial charge in [0.25, 0.3) is 5.88 Å². The van der Waals surface area contributed by atoms with Gasteiger partial charge in [0.15, 0.2) is 0 Å². The zero-order valence-corrected chi connectivity index (χ0v) is 18.2. The van der Waals surface area contributed by atoms with Crippen LogP contribution in [0, 0.1) is 5.82 Å². The highest BCUT2D eigenvalue weighted by Crippen LogP contribution is 2.32. The van der Waals surface area contributed by atoms with Crippen LogP contribution < -0.4 is 20.7 Å². The van der Waals surface area contributed by atoms with Crippen LogP contribution in [0.2, 0.25) is 0 Å². The molecule has 1 aromatic carbocycles. The summed E-state index contributed by atoms with van der Waals surface area (Å²) < 4.78 is 66.7. The number of amides is 2. The molecule has 15 heteroatoms. The van der Waals surface area contributed by atoms with E-state index in [9.17, 15) is 22.4 Å². The summed E-state index contributed by atoms with van der Waals surface area (Å²) in [5.41, 5.74) is 4.53. The number of alkyl halides is 3. The largest absolute Gasteiger partial charge is 0.468 e. The first-order chi connectivity index (χ1) is 16.2. The highest BCUT2D eigenvalue weighted by atomic mass is 32.1. The van der Waals surface area contributed by atoms with Crippen LogP contribution in [0.3, 0.4) is 0 Å². The van der Waals surface area contributed by atoms with Crippen LogP contribution in [0.1, 0.15) is 11.3 Å². The number of nitrogens with two attached hydrogens (primary N) is 1. The number of urea groups is 1. The van der Waals surface area contributed by atoms with Crippen molar-refractivity contribution in [1.82, 2.24) is 23.6 Å². The Kier molecular flexibility index (Phi) is 6.63. The normalized spacial score (nSPS) is 14.2. The minimum atomic E-state index is -4.65. The summed E-state index contributed by atoms with van der Waals surface area (Å²) in [4.78, 5) is 23.6. The minimum absolute atomic E-state index is 0.107. The number of hydrogen-bond acceptors (Lipinski definition) is 9. The van der Waals surface area contributed by atoms with Crippen LogP contribution in [0.5, 0.6) is 5.88 Å². The standard InChI is InChI=1S/C19H18F4N8O2S/c20-13-2-1-11(19(21,22)23)9-14(13)27-18(32)31-7-5-30(6-8-31)15-16(29-34-28-15)33-10-12-3-4-25-17(24)26-12/h1-4,9H,5-8,10H2,(H,27,32)(H2,24,25,26). The van der Waals surface area contributed by atoms with Crippen molar-refractivity contribution in [2.45, 2.75) is 12.8 Å². The van der Waals surface area contributed by atoms with Crippen molar-refractivity contribution in [3.63, 3.8) is 0 Å². The van der Waals surface area contributed by atoms with E-state index in [1.165, 1.54) is 11.1 Å². The topological polar surface area (TPSA) is 122 Å². The number of benzene rings is 1. The molecule has 0 saturated carbocycles. The van der Waals surface area contributed by atoms with Crippen LogP contribution in [0.15, 0.2) is 30.5 Å². The first-order valence-corrected chi connectivity index (χ1v) is 10.6. The fourth-order valence-electron chi connectivity index (χ4n) is 3.21. The molecule has 0 atom stereocenters. The lowest BCUT2D eigenvalue weighted by Crippen LogP contribution is -2.50. The average Bonchev–Trinajstić information content (AvgIpc) is 3.27. The number of halogens is 4. The lowest BCUT2D eigenvalue weighted by atomic mass is 10.2. The molecule has 34 heavy (non-hydrogen) atoms. The zero-order valence-electron chi connectivity index (χ0n) is 17.4. The second-order valence-electron chi connectivity index (χ2n) is 7.18. The second kappa shape index (κ2) is 9.62. The van der Waals surface area contributed by atoms with Gasteiger partial charge in [0.05, 0.1) is 28.7 Å². The SMILES string of the molecule is Nc1nccc(COc2nsnc2N2CCN(C(=O)Nc3cc(C(F)(F)F)ccc3F)CC2)n1. The highest BCUT2D eigenvalue weighted by Gasteiger charge is 2.32. The molecule has 0 radical (unpaired) electrons. The fraction of sp³-hybridized carbons (Fsp3) is 0.316. The van der Waals surface area contributed by atoms with Crippen LogP contribution in [0.25, 0.3) is 0 Å². The quantitative estimate of drug-likeness (QED) is 0.515. The number of nitrogen functional groups attached to an aromatic ring is 1. The Morgan fingerprint density at radius 3 is 2.65 bits per heavy atom. The number of rotatable bonds is 5. The van der Waals surface area contributed by atoms with E-state index in [4.69, 9.17) is 10.5 Å². The molecule has 0 unspecified atom stereocenters. The van der Waals surface area contributed by atoms with Crippen molar-refractivity contribution < 1.29 is 27.1 Å². The van der Waals surface area contributed by atoms with Gasteiger partial charge in [-0.15, -0.1) is 4.37 Å². The van der Waals surface area contributed by atoms with Crippen molar-refractivity contribution in [3.05, 3.63) is 47.5 Å². The van der Waals surface area contributed by atoms with Gasteiger partial charge in [0, 0.05) is 32.4 Å². The molecule has 1 fully saturated rings. The Balaban J connectivity index is 1.34. The van der Waals surface area contributed by atoms with Gasteiger partial charge in [-0.25, -0.2) is 19.2 Å². The van der Waals surface area contributed by atoms with Crippen LogP contribution in [-0.4, -0.2) is 55.8 Å². The average molecular weight is 498 g/mol. The van der Waals surface area contributed by atoms with Crippen LogP contribution in [0.4, 0.5) is 39.8 Å².